The molecule has 110 valence electrons. The van der Waals surface area contributed by atoms with Crippen molar-refractivity contribution < 1.29 is 17.9 Å². The molecule has 1 rings (SSSR count). The highest BCUT2D eigenvalue weighted by molar-refractivity contribution is 7.89. The zero-order valence-electron chi connectivity index (χ0n) is 11.8. The lowest BCUT2D eigenvalue weighted by atomic mass is 9.93. The fourth-order valence-corrected chi connectivity index (χ4v) is 3.05. The normalized spacial score (nSPS) is 13.2. The molecule has 0 aliphatic heterocycles. The van der Waals surface area contributed by atoms with Crippen LogP contribution in [0.3, 0.4) is 0 Å². The minimum atomic E-state index is -3.66. The molecular formula is C12H22N2O4S. The summed E-state index contributed by atoms with van der Waals surface area (Å²) in [4.78, 5) is 2.01. The number of nitrogens with zero attached hydrogens (tertiary/aromatic N) is 1. The van der Waals surface area contributed by atoms with Crippen LogP contribution in [-0.2, 0) is 16.6 Å². The predicted octanol–water partition coefficient (Wildman–Crippen LogP) is 0.638. The fraction of sp³-hybridized carbons (Fsp3) is 0.667. The summed E-state index contributed by atoms with van der Waals surface area (Å²) in [6, 6.07) is 2.78. The van der Waals surface area contributed by atoms with Gasteiger partial charge in [-0.3, -0.25) is 0 Å². The molecule has 2 N–H and O–H groups in total. The first kappa shape index (κ1) is 16.2. The number of nitrogens with one attached hydrogen (secondary N) is 1. The van der Waals surface area contributed by atoms with Crippen LogP contribution in [0.15, 0.2) is 21.6 Å². The second-order valence-corrected chi connectivity index (χ2v) is 7.30. The van der Waals surface area contributed by atoms with E-state index in [1.807, 2.05) is 32.8 Å². The molecule has 7 heteroatoms. The van der Waals surface area contributed by atoms with Crippen LogP contribution < -0.4 is 4.72 Å². The SMILES string of the molecule is CN(C)CC(C)(C)CNS(=O)(=O)c1ccc(CO)o1. The van der Waals surface area contributed by atoms with E-state index < -0.39 is 10.0 Å². The molecule has 0 aliphatic carbocycles. The molecule has 19 heavy (non-hydrogen) atoms. The van der Waals surface area contributed by atoms with Crippen molar-refractivity contribution in [1.82, 2.24) is 9.62 Å². The maximum absolute atomic E-state index is 12.0. The van der Waals surface area contributed by atoms with E-state index >= 15 is 0 Å². The smallest absolute Gasteiger partial charge is 0.273 e. The molecule has 1 aromatic heterocycles. The molecule has 0 fully saturated rings. The predicted molar refractivity (Wildman–Crippen MR) is 72.2 cm³/mol. The zero-order valence-corrected chi connectivity index (χ0v) is 12.6. The van der Waals surface area contributed by atoms with Gasteiger partial charge >= 0.3 is 0 Å². The van der Waals surface area contributed by atoms with Gasteiger partial charge in [0, 0.05) is 13.1 Å². The Balaban J connectivity index is 2.70. The summed E-state index contributed by atoms with van der Waals surface area (Å²) in [5.41, 5.74) is -0.191. The van der Waals surface area contributed by atoms with Crippen molar-refractivity contribution >= 4 is 10.0 Å². The zero-order chi connectivity index (χ0) is 14.7. The van der Waals surface area contributed by atoms with Gasteiger partial charge in [-0.15, -0.1) is 0 Å². The van der Waals surface area contributed by atoms with Crippen molar-refractivity contribution in [3.63, 3.8) is 0 Å². The lowest BCUT2D eigenvalue weighted by Gasteiger charge is -2.28. The number of aliphatic hydroxyl groups excluding tert-OH is 1. The Morgan fingerprint density at radius 1 is 1.37 bits per heavy atom. The van der Waals surface area contributed by atoms with E-state index in [4.69, 9.17) is 9.52 Å². The summed E-state index contributed by atoms with van der Waals surface area (Å²) in [6.45, 7) is 4.72. The Morgan fingerprint density at radius 3 is 2.47 bits per heavy atom. The number of hydrogen-bond donors (Lipinski definition) is 2. The van der Waals surface area contributed by atoms with Gasteiger partial charge in [0.2, 0.25) is 5.09 Å². The summed E-state index contributed by atoms with van der Waals surface area (Å²) in [7, 11) is 0.217. The van der Waals surface area contributed by atoms with Crippen LogP contribution in [0.4, 0.5) is 0 Å². The first-order chi connectivity index (χ1) is 8.66. The molecule has 0 atom stereocenters. The molecular weight excluding hydrogens is 268 g/mol. The van der Waals surface area contributed by atoms with Crippen molar-refractivity contribution in [1.29, 1.82) is 0 Å². The van der Waals surface area contributed by atoms with Gasteiger partial charge in [0.15, 0.2) is 0 Å². The molecule has 0 radical (unpaired) electrons. The molecule has 0 aliphatic rings. The highest BCUT2D eigenvalue weighted by Gasteiger charge is 2.24. The number of furan rings is 1. The van der Waals surface area contributed by atoms with Gasteiger partial charge in [-0.2, -0.15) is 0 Å². The molecule has 0 saturated carbocycles. The molecule has 1 heterocycles. The highest BCUT2D eigenvalue weighted by Crippen LogP contribution is 2.18. The van der Waals surface area contributed by atoms with Crippen LogP contribution in [0.2, 0.25) is 0 Å². The average Bonchev–Trinajstić information content (AvgIpc) is 2.74. The monoisotopic (exact) mass is 290 g/mol. The summed E-state index contributed by atoms with van der Waals surface area (Å²) < 4.78 is 31.5. The standard InChI is InChI=1S/C12H22N2O4S/c1-12(2,9-14(3)4)8-13-19(16,17)11-6-5-10(7-15)18-11/h5-6,13,15H,7-9H2,1-4H3. The van der Waals surface area contributed by atoms with E-state index in [9.17, 15) is 8.42 Å². The van der Waals surface area contributed by atoms with E-state index in [1.54, 1.807) is 0 Å². The number of sulfonamides is 1. The minimum absolute atomic E-state index is 0.169. The molecule has 0 aromatic carbocycles. The largest absolute Gasteiger partial charge is 0.446 e. The third kappa shape index (κ3) is 4.94. The Labute approximate surface area is 114 Å². The quantitative estimate of drug-likeness (QED) is 0.770. The maximum atomic E-state index is 12.0. The second-order valence-electron chi connectivity index (χ2n) is 5.61. The van der Waals surface area contributed by atoms with E-state index in [0.29, 0.717) is 6.54 Å². The molecule has 0 amide bonds. The van der Waals surface area contributed by atoms with Crippen molar-refractivity contribution in [2.24, 2.45) is 5.41 Å². The van der Waals surface area contributed by atoms with Gasteiger partial charge in [-0.1, -0.05) is 13.8 Å². The second kappa shape index (κ2) is 6.04. The first-order valence-electron chi connectivity index (χ1n) is 6.00. The van der Waals surface area contributed by atoms with Gasteiger partial charge in [0.05, 0.1) is 0 Å². The van der Waals surface area contributed by atoms with Crippen molar-refractivity contribution in [2.45, 2.75) is 25.5 Å². The van der Waals surface area contributed by atoms with Crippen LogP contribution >= 0.6 is 0 Å². The maximum Gasteiger partial charge on any atom is 0.273 e. The lowest BCUT2D eigenvalue weighted by Crippen LogP contribution is -2.39. The number of aliphatic hydroxyl groups is 1. The van der Waals surface area contributed by atoms with Crippen LogP contribution in [0.5, 0.6) is 0 Å². The summed E-state index contributed by atoms with van der Waals surface area (Å²) in [5.74, 6) is 0.230. The van der Waals surface area contributed by atoms with E-state index in [2.05, 4.69) is 4.72 Å². The summed E-state index contributed by atoms with van der Waals surface area (Å²) >= 11 is 0. The Hall–Kier alpha value is -0.890. The van der Waals surface area contributed by atoms with Crippen LogP contribution in [0, 0.1) is 5.41 Å². The van der Waals surface area contributed by atoms with Crippen molar-refractivity contribution in [3.05, 3.63) is 17.9 Å². The molecule has 0 bridgehead atoms. The molecule has 0 saturated heterocycles. The van der Waals surface area contributed by atoms with Gasteiger partial charge in [0.1, 0.15) is 12.4 Å². The Morgan fingerprint density at radius 2 is 2.00 bits per heavy atom. The average molecular weight is 290 g/mol. The van der Waals surface area contributed by atoms with Gasteiger partial charge in [-0.25, -0.2) is 13.1 Å². The Bertz CT molecular complexity index is 506. The Kier molecular flexibility index (Phi) is 5.14. The van der Waals surface area contributed by atoms with Crippen LogP contribution in [-0.4, -0.2) is 45.6 Å². The topological polar surface area (TPSA) is 82.8 Å². The minimum Gasteiger partial charge on any atom is -0.446 e. The number of rotatable bonds is 7. The number of hydrogen-bond acceptors (Lipinski definition) is 5. The van der Waals surface area contributed by atoms with Crippen molar-refractivity contribution in [2.75, 3.05) is 27.2 Å². The third-order valence-electron chi connectivity index (χ3n) is 2.54. The first-order valence-corrected chi connectivity index (χ1v) is 7.48. The molecule has 6 nitrogen and oxygen atoms in total. The molecule has 0 unspecified atom stereocenters. The van der Waals surface area contributed by atoms with Crippen molar-refractivity contribution in [3.8, 4) is 0 Å². The van der Waals surface area contributed by atoms with E-state index in [1.165, 1.54) is 12.1 Å². The fourth-order valence-electron chi connectivity index (χ4n) is 1.86. The third-order valence-corrected chi connectivity index (χ3v) is 3.82. The lowest BCUT2D eigenvalue weighted by molar-refractivity contribution is 0.234. The molecule has 0 spiro atoms. The van der Waals surface area contributed by atoms with Gasteiger partial charge in [-0.05, 0) is 31.6 Å². The van der Waals surface area contributed by atoms with E-state index in [0.717, 1.165) is 6.54 Å². The van der Waals surface area contributed by atoms with Gasteiger partial charge in [0.25, 0.3) is 10.0 Å². The van der Waals surface area contributed by atoms with Gasteiger partial charge < -0.3 is 14.4 Å². The highest BCUT2D eigenvalue weighted by atomic mass is 32.2. The molecule has 1 aromatic rings. The summed E-state index contributed by atoms with van der Waals surface area (Å²) in [6.07, 6.45) is 0. The van der Waals surface area contributed by atoms with E-state index in [-0.39, 0.29) is 22.9 Å². The van der Waals surface area contributed by atoms with Crippen LogP contribution in [0.1, 0.15) is 19.6 Å². The van der Waals surface area contributed by atoms with Crippen LogP contribution in [0.25, 0.3) is 0 Å². The summed E-state index contributed by atoms with van der Waals surface area (Å²) in [5, 5.41) is 8.69.